The lowest BCUT2D eigenvalue weighted by Crippen LogP contribution is -2.16. The lowest BCUT2D eigenvalue weighted by molar-refractivity contribution is -0.109. The van der Waals surface area contributed by atoms with Crippen LogP contribution in [0.5, 0.6) is 0 Å². The van der Waals surface area contributed by atoms with E-state index in [-0.39, 0.29) is 11.5 Å². The lowest BCUT2D eigenvalue weighted by atomic mass is 9.98. The summed E-state index contributed by atoms with van der Waals surface area (Å²) in [5, 5.41) is 19.8. The van der Waals surface area contributed by atoms with Gasteiger partial charge in [-0.15, -0.1) is 0 Å². The minimum absolute atomic E-state index is 0.0396. The lowest BCUT2D eigenvalue weighted by Gasteiger charge is -2.06. The third kappa shape index (κ3) is 2.03. The normalized spacial score (nSPS) is 18.5. The molecule has 0 aromatic heterocycles. The average molecular weight is 176 g/mol. The Labute approximate surface area is 75.5 Å². The van der Waals surface area contributed by atoms with E-state index in [2.05, 4.69) is 5.16 Å². The summed E-state index contributed by atoms with van der Waals surface area (Å²) in [4.78, 5) is 11.1. The Morgan fingerprint density at radius 3 is 3.00 bits per heavy atom. The molecule has 0 saturated heterocycles. The Bertz CT molecular complexity index is 345. The summed E-state index contributed by atoms with van der Waals surface area (Å²) < 4.78 is 0. The van der Waals surface area contributed by atoms with E-state index in [4.69, 9.17) is 10.5 Å². The topological polar surface area (TPSA) is 73.5 Å². The molecule has 0 aromatic carbocycles. The van der Waals surface area contributed by atoms with Gasteiger partial charge in [0.05, 0.1) is 6.07 Å². The highest BCUT2D eigenvalue weighted by Crippen LogP contribution is 2.12. The van der Waals surface area contributed by atoms with Gasteiger partial charge in [0.1, 0.15) is 0 Å². The zero-order valence-corrected chi connectivity index (χ0v) is 6.90. The minimum Gasteiger partial charge on any atom is -0.410 e. The molecule has 0 spiro atoms. The van der Waals surface area contributed by atoms with Crippen LogP contribution in [0.3, 0.4) is 0 Å². The van der Waals surface area contributed by atoms with E-state index >= 15 is 0 Å². The molecule has 4 heteroatoms. The fourth-order valence-corrected chi connectivity index (χ4v) is 1.07. The molecule has 1 aliphatic rings. The SMILES string of the molecule is N#CCCC1=CC=CC(=O)C1=NO. The molecule has 0 amide bonds. The summed E-state index contributed by atoms with van der Waals surface area (Å²) in [6.45, 7) is 0. The van der Waals surface area contributed by atoms with Gasteiger partial charge < -0.3 is 5.21 Å². The molecule has 1 N–H and O–H groups in total. The molecule has 0 unspecified atom stereocenters. The first kappa shape index (κ1) is 9.20. The molecule has 1 aliphatic carbocycles. The Hall–Kier alpha value is -1.89. The predicted octanol–water partition coefficient (Wildman–Crippen LogP) is 1.19. The second-order valence-electron chi connectivity index (χ2n) is 2.52. The predicted molar refractivity (Wildman–Crippen MR) is 46.3 cm³/mol. The second-order valence-corrected chi connectivity index (χ2v) is 2.52. The number of nitrogens with zero attached hydrogens (tertiary/aromatic N) is 2. The van der Waals surface area contributed by atoms with Crippen LogP contribution < -0.4 is 0 Å². The maximum absolute atomic E-state index is 11.1. The summed E-state index contributed by atoms with van der Waals surface area (Å²) >= 11 is 0. The van der Waals surface area contributed by atoms with Crippen molar-refractivity contribution >= 4 is 11.5 Å². The first-order chi connectivity index (χ1) is 6.29. The number of allylic oxidation sites excluding steroid dienone is 4. The smallest absolute Gasteiger partial charge is 0.207 e. The first-order valence-corrected chi connectivity index (χ1v) is 3.80. The maximum Gasteiger partial charge on any atom is 0.207 e. The van der Waals surface area contributed by atoms with E-state index < -0.39 is 0 Å². The van der Waals surface area contributed by atoms with Crippen molar-refractivity contribution in [3.63, 3.8) is 0 Å². The van der Waals surface area contributed by atoms with Crippen molar-refractivity contribution in [1.82, 2.24) is 0 Å². The minimum atomic E-state index is -0.321. The maximum atomic E-state index is 11.1. The van der Waals surface area contributed by atoms with Crippen molar-refractivity contribution in [2.45, 2.75) is 12.8 Å². The van der Waals surface area contributed by atoms with E-state index in [1.54, 1.807) is 12.2 Å². The van der Waals surface area contributed by atoms with Crippen molar-refractivity contribution in [2.24, 2.45) is 5.16 Å². The molecular weight excluding hydrogens is 168 g/mol. The molecule has 0 heterocycles. The Morgan fingerprint density at radius 2 is 2.38 bits per heavy atom. The highest BCUT2D eigenvalue weighted by molar-refractivity contribution is 6.50. The second kappa shape index (κ2) is 4.21. The summed E-state index contributed by atoms with van der Waals surface area (Å²) in [6, 6.07) is 1.96. The molecule has 0 aromatic rings. The van der Waals surface area contributed by atoms with Crippen LogP contribution in [0.2, 0.25) is 0 Å². The molecule has 0 fully saturated rings. The van der Waals surface area contributed by atoms with Crippen molar-refractivity contribution in [3.8, 4) is 6.07 Å². The Morgan fingerprint density at radius 1 is 1.62 bits per heavy atom. The zero-order valence-electron chi connectivity index (χ0n) is 6.90. The third-order valence-corrected chi connectivity index (χ3v) is 1.69. The van der Waals surface area contributed by atoms with Gasteiger partial charge in [0, 0.05) is 6.42 Å². The quantitative estimate of drug-likeness (QED) is 0.390. The summed E-state index contributed by atoms with van der Waals surface area (Å²) in [7, 11) is 0. The molecule has 0 bridgehead atoms. The van der Waals surface area contributed by atoms with E-state index in [1.807, 2.05) is 6.07 Å². The highest BCUT2D eigenvalue weighted by Gasteiger charge is 2.16. The van der Waals surface area contributed by atoms with Gasteiger partial charge >= 0.3 is 0 Å². The molecule has 66 valence electrons. The molecule has 0 saturated carbocycles. The number of carbonyl (C=O) groups is 1. The van der Waals surface area contributed by atoms with Crippen molar-refractivity contribution in [2.75, 3.05) is 0 Å². The number of oxime groups is 1. The monoisotopic (exact) mass is 176 g/mol. The summed E-state index contributed by atoms with van der Waals surface area (Å²) in [5.41, 5.74) is 0.648. The standard InChI is InChI=1S/C9H8N2O2/c10-6-2-4-7-3-1-5-8(12)9(7)11-13/h1,3,5,13H,2,4H2. The van der Waals surface area contributed by atoms with Crippen LogP contribution in [0, 0.1) is 11.3 Å². The Kier molecular flexibility index (Phi) is 2.98. The third-order valence-electron chi connectivity index (χ3n) is 1.69. The van der Waals surface area contributed by atoms with Crippen LogP contribution in [0.25, 0.3) is 0 Å². The number of hydrogen-bond donors (Lipinski definition) is 1. The molecule has 13 heavy (non-hydrogen) atoms. The van der Waals surface area contributed by atoms with Gasteiger partial charge in [0.15, 0.2) is 5.71 Å². The van der Waals surface area contributed by atoms with E-state index in [0.29, 0.717) is 18.4 Å². The molecule has 0 aliphatic heterocycles. The number of rotatable bonds is 2. The molecule has 0 atom stereocenters. The van der Waals surface area contributed by atoms with Gasteiger partial charge in [-0.05, 0) is 18.1 Å². The van der Waals surface area contributed by atoms with Crippen molar-refractivity contribution in [1.29, 1.82) is 5.26 Å². The van der Waals surface area contributed by atoms with Crippen LogP contribution in [-0.2, 0) is 4.79 Å². The summed E-state index contributed by atoms with van der Waals surface area (Å²) in [5.74, 6) is -0.321. The fraction of sp³-hybridized carbons (Fsp3) is 0.222. The number of hydrogen-bond acceptors (Lipinski definition) is 4. The Balaban J connectivity index is 2.83. The van der Waals surface area contributed by atoms with Gasteiger partial charge in [-0.1, -0.05) is 17.3 Å². The molecule has 1 rings (SSSR count). The van der Waals surface area contributed by atoms with Crippen LogP contribution in [0.4, 0.5) is 0 Å². The number of nitriles is 1. The van der Waals surface area contributed by atoms with Crippen LogP contribution >= 0.6 is 0 Å². The van der Waals surface area contributed by atoms with Crippen LogP contribution in [-0.4, -0.2) is 16.7 Å². The van der Waals surface area contributed by atoms with E-state index in [0.717, 1.165) is 0 Å². The van der Waals surface area contributed by atoms with Gasteiger partial charge in [-0.3, -0.25) is 4.79 Å². The van der Waals surface area contributed by atoms with E-state index in [9.17, 15) is 4.79 Å². The van der Waals surface area contributed by atoms with Crippen molar-refractivity contribution in [3.05, 3.63) is 23.8 Å². The van der Waals surface area contributed by atoms with Gasteiger partial charge in [-0.25, -0.2) is 0 Å². The van der Waals surface area contributed by atoms with Gasteiger partial charge in [-0.2, -0.15) is 5.26 Å². The fourth-order valence-electron chi connectivity index (χ4n) is 1.07. The van der Waals surface area contributed by atoms with Crippen LogP contribution in [0.1, 0.15) is 12.8 Å². The van der Waals surface area contributed by atoms with E-state index in [1.165, 1.54) is 6.08 Å². The van der Waals surface area contributed by atoms with Gasteiger partial charge in [0.25, 0.3) is 0 Å². The summed E-state index contributed by atoms with van der Waals surface area (Å²) in [6.07, 6.45) is 5.33. The largest absolute Gasteiger partial charge is 0.410 e. The van der Waals surface area contributed by atoms with Crippen molar-refractivity contribution < 1.29 is 10.0 Å². The average Bonchev–Trinajstić information content (AvgIpc) is 2.15. The molecule has 0 radical (unpaired) electrons. The zero-order chi connectivity index (χ0) is 9.68. The van der Waals surface area contributed by atoms with Gasteiger partial charge in [0.2, 0.25) is 5.78 Å². The van der Waals surface area contributed by atoms with Crippen LogP contribution in [0.15, 0.2) is 29.0 Å². The molecular formula is C9H8N2O2. The first-order valence-electron chi connectivity index (χ1n) is 3.80. The molecule has 4 nitrogen and oxygen atoms in total. The highest BCUT2D eigenvalue weighted by atomic mass is 16.4. The number of carbonyl (C=O) groups excluding carboxylic acids is 1. The number of ketones is 1.